The van der Waals surface area contributed by atoms with Crippen LogP contribution in [0.1, 0.15) is 32.6 Å². The molecule has 0 rings (SSSR count). The van der Waals surface area contributed by atoms with Gasteiger partial charge in [0.15, 0.2) is 22.4 Å². The van der Waals surface area contributed by atoms with Gasteiger partial charge in [0.1, 0.15) is 0 Å². The second-order valence-corrected chi connectivity index (χ2v) is 28.3. The van der Waals surface area contributed by atoms with Gasteiger partial charge >= 0.3 is 0 Å². The van der Waals surface area contributed by atoms with Gasteiger partial charge in [-0.25, -0.2) is 0 Å². The molecular formula is C23H52O3P2Si3. The third kappa shape index (κ3) is 17.0. The van der Waals surface area contributed by atoms with Crippen LogP contribution in [0.15, 0.2) is 12.2 Å². The van der Waals surface area contributed by atoms with Crippen molar-refractivity contribution in [2.24, 2.45) is 0 Å². The lowest BCUT2D eigenvalue weighted by Crippen LogP contribution is -2.49. The number of rotatable bonds is 19. The topological polar surface area (TPSA) is 35.5 Å². The monoisotopic (exact) mass is 522 g/mol. The number of ether oxygens (including phenoxy) is 1. The Morgan fingerprint density at radius 3 is 2.19 bits per heavy atom. The minimum absolute atomic E-state index is 0.192. The molecule has 0 fully saturated rings. The highest BCUT2D eigenvalue weighted by atomic mass is 31.1. The SMILES string of the molecule is C=C(C)C(=O)CCC(COCCC[Si](C)(C)O[Si](C)(C)C[Si](C)(C)CCCPC)PC. The summed E-state index contributed by atoms with van der Waals surface area (Å²) in [5, 5.41) is 0. The second kappa shape index (κ2) is 15.7. The first-order valence-corrected chi connectivity index (χ1v) is 24.9. The predicted octanol–water partition coefficient (Wildman–Crippen LogP) is 7.37. The van der Waals surface area contributed by atoms with Crippen LogP contribution in [-0.4, -0.2) is 68.9 Å². The van der Waals surface area contributed by atoms with E-state index in [4.69, 9.17) is 8.85 Å². The quantitative estimate of drug-likeness (QED) is 0.0769. The molecule has 0 saturated heterocycles. The largest absolute Gasteiger partial charge is 0.456 e. The number of ketones is 1. The van der Waals surface area contributed by atoms with Crippen LogP contribution in [0, 0.1) is 0 Å². The third-order valence-corrected chi connectivity index (χ3v) is 22.8. The van der Waals surface area contributed by atoms with E-state index >= 15 is 0 Å². The number of allylic oxidation sites excluding steroid dienone is 1. The van der Waals surface area contributed by atoms with Crippen LogP contribution >= 0.6 is 17.2 Å². The fourth-order valence-corrected chi connectivity index (χ4v) is 25.5. The van der Waals surface area contributed by atoms with E-state index in [2.05, 4.69) is 59.2 Å². The molecule has 0 radical (unpaired) electrons. The van der Waals surface area contributed by atoms with Gasteiger partial charge in [0.2, 0.25) is 0 Å². The Bertz CT molecular complexity index is 540. The number of carbonyl (C=O) groups excluding carboxylic acids is 1. The van der Waals surface area contributed by atoms with Gasteiger partial charge in [-0.1, -0.05) is 32.1 Å². The number of carbonyl (C=O) groups is 1. The summed E-state index contributed by atoms with van der Waals surface area (Å²) in [5.74, 6) is 0.192. The summed E-state index contributed by atoms with van der Waals surface area (Å²) in [7, 11) is -2.50. The average Bonchev–Trinajstić information content (AvgIpc) is 2.61. The van der Waals surface area contributed by atoms with Gasteiger partial charge in [-0.3, -0.25) is 4.79 Å². The van der Waals surface area contributed by atoms with Gasteiger partial charge in [-0.2, -0.15) is 0 Å². The minimum Gasteiger partial charge on any atom is -0.456 e. The van der Waals surface area contributed by atoms with Crippen molar-refractivity contribution < 1.29 is 13.6 Å². The smallest absolute Gasteiger partial charge is 0.173 e. The zero-order valence-corrected chi connectivity index (χ0v) is 27.1. The standard InChI is InChI=1S/C23H52O3P2Si3/c1-21(2)23(24)14-13-22(28-4)19-25-15-11-18-30(7,8)26-31(9,10)20-29(5,6)17-12-16-27-3/h22,27-28H,1,11-20H2,2-10H3. The van der Waals surface area contributed by atoms with Crippen molar-refractivity contribution in [3.05, 3.63) is 12.2 Å². The lowest BCUT2D eigenvalue weighted by atomic mass is 10.1. The molecule has 0 spiro atoms. The van der Waals surface area contributed by atoms with E-state index in [9.17, 15) is 4.79 Å². The molecule has 31 heavy (non-hydrogen) atoms. The number of Topliss-reactive ketones (excluding diaryl/α,β-unsaturated/α-hetero) is 1. The fraction of sp³-hybridized carbons (Fsp3) is 0.870. The van der Waals surface area contributed by atoms with E-state index in [-0.39, 0.29) is 5.78 Å². The van der Waals surface area contributed by atoms with E-state index in [1.165, 1.54) is 30.3 Å². The second-order valence-electron chi connectivity index (χ2n) is 11.1. The molecule has 0 aliphatic carbocycles. The maximum absolute atomic E-state index is 11.8. The zero-order chi connectivity index (χ0) is 24.1. The maximum atomic E-state index is 11.8. The molecule has 8 heteroatoms. The van der Waals surface area contributed by atoms with Crippen LogP contribution in [-0.2, 0) is 13.6 Å². The van der Waals surface area contributed by atoms with Crippen molar-refractivity contribution in [3.63, 3.8) is 0 Å². The summed E-state index contributed by atoms with van der Waals surface area (Å²) in [4.78, 5) is 11.8. The Balaban J connectivity index is 4.30. The molecule has 0 aliphatic rings. The van der Waals surface area contributed by atoms with Gasteiger partial charge in [0, 0.05) is 26.8 Å². The molecule has 0 aromatic rings. The summed E-state index contributed by atoms with van der Waals surface area (Å²) in [6.45, 7) is 26.5. The van der Waals surface area contributed by atoms with Crippen LogP contribution in [0.3, 0.4) is 0 Å². The van der Waals surface area contributed by atoms with Crippen LogP contribution in [0.25, 0.3) is 0 Å². The minimum atomic E-state index is -1.65. The molecule has 3 unspecified atom stereocenters. The first-order valence-electron chi connectivity index (χ1n) is 12.0. The van der Waals surface area contributed by atoms with Gasteiger partial charge in [-0.05, 0) is 82.7 Å². The first kappa shape index (κ1) is 31.8. The summed E-state index contributed by atoms with van der Waals surface area (Å²) in [6, 6.07) is 2.64. The highest BCUT2D eigenvalue weighted by Gasteiger charge is 2.37. The van der Waals surface area contributed by atoms with Crippen LogP contribution < -0.4 is 0 Å². The van der Waals surface area contributed by atoms with Gasteiger partial charge < -0.3 is 8.85 Å². The molecule has 0 aromatic heterocycles. The summed E-state index contributed by atoms with van der Waals surface area (Å²) in [6.07, 6.45) is 5.44. The van der Waals surface area contributed by atoms with Crippen LogP contribution in [0.4, 0.5) is 0 Å². The third-order valence-electron chi connectivity index (χ3n) is 5.73. The van der Waals surface area contributed by atoms with Gasteiger partial charge in [0.25, 0.3) is 0 Å². The number of hydrogen-bond donors (Lipinski definition) is 0. The molecule has 0 bridgehead atoms. The highest BCUT2D eigenvalue weighted by Crippen LogP contribution is 2.30. The number of hydrogen-bond acceptors (Lipinski definition) is 3. The van der Waals surface area contributed by atoms with Gasteiger partial charge in [0.05, 0.1) is 6.61 Å². The van der Waals surface area contributed by atoms with E-state index < -0.39 is 24.7 Å². The molecule has 0 heterocycles. The molecule has 0 aliphatic heterocycles. The summed E-state index contributed by atoms with van der Waals surface area (Å²) < 4.78 is 12.9. The van der Waals surface area contributed by atoms with Crippen molar-refractivity contribution in [3.8, 4) is 0 Å². The lowest BCUT2D eigenvalue weighted by Gasteiger charge is -2.38. The molecule has 184 valence electrons. The first-order chi connectivity index (χ1) is 14.2. The fourth-order valence-electron chi connectivity index (χ4n) is 4.47. The van der Waals surface area contributed by atoms with E-state index in [1.54, 1.807) is 6.92 Å². The Morgan fingerprint density at radius 2 is 1.65 bits per heavy atom. The average molecular weight is 523 g/mol. The van der Waals surface area contributed by atoms with Gasteiger partial charge in [-0.15, -0.1) is 17.2 Å². The molecule has 3 atom stereocenters. The molecule has 0 amide bonds. The Labute approximate surface area is 201 Å². The molecule has 0 saturated carbocycles. The molecule has 0 N–H and O–H groups in total. The predicted molar refractivity (Wildman–Crippen MR) is 154 cm³/mol. The van der Waals surface area contributed by atoms with Crippen LogP contribution in [0.5, 0.6) is 0 Å². The molecule has 3 nitrogen and oxygen atoms in total. The Morgan fingerprint density at radius 1 is 1.00 bits per heavy atom. The zero-order valence-electron chi connectivity index (χ0n) is 22.1. The molecule has 0 aromatic carbocycles. The Kier molecular flexibility index (Phi) is 16.1. The molecular weight excluding hydrogens is 470 g/mol. The summed E-state index contributed by atoms with van der Waals surface area (Å²) in [5.41, 5.74) is 2.56. The van der Waals surface area contributed by atoms with E-state index in [0.717, 1.165) is 43.2 Å². The Hall–Kier alpha value is 0.841. The van der Waals surface area contributed by atoms with E-state index in [1.807, 2.05) is 0 Å². The maximum Gasteiger partial charge on any atom is 0.173 e. The van der Waals surface area contributed by atoms with Crippen LogP contribution in [0.2, 0.25) is 57.0 Å². The van der Waals surface area contributed by atoms with E-state index in [0.29, 0.717) is 17.7 Å². The van der Waals surface area contributed by atoms with Crippen molar-refractivity contribution in [1.82, 2.24) is 0 Å². The van der Waals surface area contributed by atoms with Crippen molar-refractivity contribution >= 4 is 47.7 Å². The van der Waals surface area contributed by atoms with Crippen molar-refractivity contribution in [2.45, 2.75) is 95.3 Å². The summed E-state index contributed by atoms with van der Waals surface area (Å²) >= 11 is 0. The van der Waals surface area contributed by atoms with Crippen molar-refractivity contribution in [1.29, 1.82) is 0 Å². The normalized spacial score (nSPS) is 14.7. The highest BCUT2D eigenvalue weighted by molar-refractivity contribution is 7.38. The lowest BCUT2D eigenvalue weighted by molar-refractivity contribution is -0.115. The van der Waals surface area contributed by atoms with Crippen molar-refractivity contribution in [2.75, 3.05) is 32.7 Å².